The van der Waals surface area contributed by atoms with Crippen molar-refractivity contribution in [1.29, 1.82) is 0 Å². The molecule has 2 aromatic rings. The SMILES string of the molecule is CNC(C)C(=O)CC(C(=O)N1CCCC1Cn1cc(N2CCN(C)C2=O)c2cc(Cl)ccc21)C1CCCCC1. The molecule has 5 rings (SSSR count). The molecule has 3 aliphatic rings. The van der Waals surface area contributed by atoms with Crippen molar-refractivity contribution in [3.8, 4) is 0 Å². The van der Waals surface area contributed by atoms with Crippen LogP contribution in [0.1, 0.15) is 58.3 Å². The summed E-state index contributed by atoms with van der Waals surface area (Å²) in [7, 11) is 3.62. The maximum absolute atomic E-state index is 14.2. The number of amides is 3. The number of nitrogens with one attached hydrogen (secondary N) is 1. The minimum absolute atomic E-state index is 0.0116. The number of benzene rings is 1. The van der Waals surface area contributed by atoms with Gasteiger partial charge in [-0.2, -0.15) is 0 Å². The van der Waals surface area contributed by atoms with E-state index in [4.69, 9.17) is 11.6 Å². The van der Waals surface area contributed by atoms with Crippen LogP contribution in [0, 0.1) is 11.8 Å². The number of anilines is 1. The molecule has 3 unspecified atom stereocenters. The van der Waals surface area contributed by atoms with Crippen molar-refractivity contribution < 1.29 is 14.4 Å². The van der Waals surface area contributed by atoms with E-state index in [1.807, 2.05) is 37.1 Å². The molecule has 9 heteroatoms. The zero-order valence-corrected chi connectivity index (χ0v) is 24.3. The first-order valence-electron chi connectivity index (χ1n) is 14.6. The number of likely N-dealkylation sites (N-methyl/N-ethyl adjacent to an activating group) is 2. The number of urea groups is 1. The highest BCUT2D eigenvalue weighted by Crippen LogP contribution is 2.37. The molecule has 8 nitrogen and oxygen atoms in total. The number of halogens is 1. The van der Waals surface area contributed by atoms with Crippen molar-refractivity contribution in [2.75, 3.05) is 38.6 Å². The van der Waals surface area contributed by atoms with Gasteiger partial charge in [0, 0.05) is 68.2 Å². The Kier molecular flexibility index (Phi) is 8.52. The summed E-state index contributed by atoms with van der Waals surface area (Å²) >= 11 is 6.38. The van der Waals surface area contributed by atoms with Gasteiger partial charge in [0.2, 0.25) is 5.91 Å². The van der Waals surface area contributed by atoms with Gasteiger partial charge in [-0.15, -0.1) is 0 Å². The lowest BCUT2D eigenvalue weighted by Gasteiger charge is -2.35. The van der Waals surface area contributed by atoms with Crippen molar-refractivity contribution >= 4 is 45.9 Å². The summed E-state index contributed by atoms with van der Waals surface area (Å²) in [6.07, 6.45) is 9.80. The van der Waals surface area contributed by atoms with E-state index in [1.165, 1.54) is 6.42 Å². The molecule has 1 aromatic heterocycles. The molecule has 2 saturated heterocycles. The minimum atomic E-state index is -0.248. The van der Waals surface area contributed by atoms with Gasteiger partial charge < -0.3 is 19.7 Å². The Balaban J connectivity index is 1.41. The molecule has 1 saturated carbocycles. The molecule has 1 aliphatic carbocycles. The van der Waals surface area contributed by atoms with Gasteiger partial charge in [0.05, 0.1) is 17.2 Å². The van der Waals surface area contributed by atoms with E-state index in [2.05, 4.69) is 21.0 Å². The van der Waals surface area contributed by atoms with Gasteiger partial charge in [0.25, 0.3) is 0 Å². The number of fused-ring (bicyclic) bond motifs is 1. The topological polar surface area (TPSA) is 77.9 Å². The first-order valence-corrected chi connectivity index (χ1v) is 15.0. The maximum Gasteiger partial charge on any atom is 0.324 e. The average Bonchev–Trinajstić information content (AvgIpc) is 3.64. The number of ketones is 1. The molecule has 1 N–H and O–H groups in total. The number of aromatic nitrogens is 1. The molecular formula is C30H42ClN5O3. The smallest absolute Gasteiger partial charge is 0.324 e. The van der Waals surface area contributed by atoms with E-state index < -0.39 is 0 Å². The second kappa shape index (κ2) is 11.9. The highest BCUT2D eigenvalue weighted by molar-refractivity contribution is 6.31. The number of hydrogen-bond acceptors (Lipinski definition) is 4. The van der Waals surface area contributed by atoms with Gasteiger partial charge in [0.1, 0.15) is 5.78 Å². The second-order valence-electron chi connectivity index (χ2n) is 11.7. The number of likely N-dealkylation sites (tertiary alicyclic amines) is 1. The Bertz CT molecular complexity index is 1220. The van der Waals surface area contributed by atoms with Crippen LogP contribution in [0.3, 0.4) is 0 Å². The predicted octanol–water partition coefficient (Wildman–Crippen LogP) is 4.92. The number of carbonyl (C=O) groups excluding carboxylic acids is 3. The predicted molar refractivity (Wildman–Crippen MR) is 155 cm³/mol. The molecule has 3 amide bonds. The van der Waals surface area contributed by atoms with Crippen LogP contribution in [0.15, 0.2) is 24.4 Å². The molecule has 212 valence electrons. The largest absolute Gasteiger partial charge is 0.343 e. The van der Waals surface area contributed by atoms with E-state index in [0.717, 1.165) is 61.7 Å². The Morgan fingerprint density at radius 1 is 1.08 bits per heavy atom. The van der Waals surface area contributed by atoms with Crippen LogP contribution in [-0.4, -0.2) is 77.9 Å². The lowest BCUT2D eigenvalue weighted by Crippen LogP contribution is -2.45. The van der Waals surface area contributed by atoms with Crippen LogP contribution in [-0.2, 0) is 16.1 Å². The van der Waals surface area contributed by atoms with Gasteiger partial charge in [-0.05, 0) is 63.8 Å². The average molecular weight is 556 g/mol. The van der Waals surface area contributed by atoms with Crippen LogP contribution < -0.4 is 10.2 Å². The molecule has 3 fully saturated rings. The Morgan fingerprint density at radius 2 is 1.85 bits per heavy atom. The number of carbonyl (C=O) groups is 3. The summed E-state index contributed by atoms with van der Waals surface area (Å²) < 4.78 is 2.19. The Hall–Kier alpha value is -2.58. The first kappa shape index (κ1) is 28.0. The summed E-state index contributed by atoms with van der Waals surface area (Å²) in [5, 5.41) is 4.64. The molecule has 0 radical (unpaired) electrons. The molecule has 0 spiro atoms. The van der Waals surface area contributed by atoms with Crippen LogP contribution in [0.4, 0.5) is 10.5 Å². The zero-order valence-electron chi connectivity index (χ0n) is 23.5. The van der Waals surface area contributed by atoms with Crippen LogP contribution in [0.2, 0.25) is 5.02 Å². The molecule has 39 heavy (non-hydrogen) atoms. The van der Waals surface area contributed by atoms with E-state index in [-0.39, 0.29) is 41.6 Å². The second-order valence-corrected chi connectivity index (χ2v) is 12.1. The van der Waals surface area contributed by atoms with Crippen molar-refractivity contribution in [2.45, 2.75) is 76.9 Å². The highest BCUT2D eigenvalue weighted by Gasteiger charge is 2.39. The molecule has 1 aromatic carbocycles. The van der Waals surface area contributed by atoms with Gasteiger partial charge in [0.15, 0.2) is 0 Å². The van der Waals surface area contributed by atoms with E-state index >= 15 is 0 Å². The van der Waals surface area contributed by atoms with Crippen molar-refractivity contribution in [2.24, 2.45) is 11.8 Å². The fraction of sp³-hybridized carbons (Fsp3) is 0.633. The van der Waals surface area contributed by atoms with Gasteiger partial charge in [-0.3, -0.25) is 14.5 Å². The summed E-state index contributed by atoms with van der Waals surface area (Å²) in [6, 6.07) is 5.61. The van der Waals surface area contributed by atoms with E-state index in [9.17, 15) is 14.4 Å². The Labute approximate surface area is 236 Å². The molecular weight excluding hydrogens is 514 g/mol. The van der Waals surface area contributed by atoms with Crippen molar-refractivity contribution in [3.63, 3.8) is 0 Å². The molecule has 0 bridgehead atoms. The van der Waals surface area contributed by atoms with E-state index in [0.29, 0.717) is 31.1 Å². The van der Waals surface area contributed by atoms with E-state index in [1.54, 1.807) is 11.9 Å². The molecule has 2 aliphatic heterocycles. The normalized spacial score (nSPS) is 22.2. The van der Waals surface area contributed by atoms with Gasteiger partial charge >= 0.3 is 6.03 Å². The lowest BCUT2D eigenvalue weighted by atomic mass is 9.76. The third-order valence-corrected chi connectivity index (χ3v) is 9.51. The highest BCUT2D eigenvalue weighted by atomic mass is 35.5. The van der Waals surface area contributed by atoms with Crippen LogP contribution >= 0.6 is 11.6 Å². The summed E-state index contributed by atoms with van der Waals surface area (Å²) in [5.74, 6) is 0.301. The number of hydrogen-bond donors (Lipinski definition) is 1. The minimum Gasteiger partial charge on any atom is -0.343 e. The first-order chi connectivity index (χ1) is 18.8. The number of nitrogens with zero attached hydrogens (tertiary/aromatic N) is 4. The van der Waals surface area contributed by atoms with Crippen LogP contribution in [0.25, 0.3) is 10.9 Å². The zero-order chi connectivity index (χ0) is 27.7. The molecule has 3 atom stereocenters. The van der Waals surface area contributed by atoms with Crippen molar-refractivity contribution in [3.05, 3.63) is 29.4 Å². The van der Waals surface area contributed by atoms with Gasteiger partial charge in [-0.25, -0.2) is 4.79 Å². The fourth-order valence-corrected chi connectivity index (χ4v) is 6.96. The number of Topliss-reactive ketones (excluding diaryl/α,β-unsaturated/α-hetero) is 1. The quantitative estimate of drug-likeness (QED) is 0.476. The van der Waals surface area contributed by atoms with Gasteiger partial charge in [-0.1, -0.05) is 30.9 Å². The number of rotatable bonds is 9. The van der Waals surface area contributed by atoms with Crippen LogP contribution in [0.5, 0.6) is 0 Å². The summed E-state index contributed by atoms with van der Waals surface area (Å²) in [5.41, 5.74) is 1.88. The maximum atomic E-state index is 14.2. The molecule has 3 heterocycles. The standard InChI is InChI=1S/C30H42ClN5O3/c1-20(32-2)28(37)17-24(21-8-5-4-6-9-21)29(38)35-13-7-10-23(35)18-34-19-27(36-15-14-33(3)30(36)39)25-16-22(31)11-12-26(25)34/h11-12,16,19-21,23-24,32H,4-10,13-15,17-18H2,1-3H3. The monoisotopic (exact) mass is 555 g/mol. The summed E-state index contributed by atoms with van der Waals surface area (Å²) in [6.45, 7) is 4.59. The third-order valence-electron chi connectivity index (χ3n) is 9.27. The fourth-order valence-electron chi connectivity index (χ4n) is 6.79. The summed E-state index contributed by atoms with van der Waals surface area (Å²) in [4.78, 5) is 45.6. The Morgan fingerprint density at radius 3 is 2.54 bits per heavy atom. The lowest BCUT2D eigenvalue weighted by molar-refractivity contribution is -0.141. The van der Waals surface area contributed by atoms with Crippen molar-refractivity contribution in [1.82, 2.24) is 19.7 Å². The third kappa shape index (κ3) is 5.68.